The molecule has 2 fully saturated rings. The normalized spacial score (nSPS) is 22.9. The molecule has 2 aliphatic rings. The first-order valence-corrected chi connectivity index (χ1v) is 14.9. The van der Waals surface area contributed by atoms with Crippen LogP contribution in [0.4, 0.5) is 0 Å². The van der Waals surface area contributed by atoms with Crippen molar-refractivity contribution in [2.24, 2.45) is 17.8 Å². The molecule has 1 aromatic rings. The van der Waals surface area contributed by atoms with Crippen molar-refractivity contribution in [2.75, 3.05) is 19.5 Å². The maximum atomic E-state index is 13.2. The molecule has 1 amide bonds. The van der Waals surface area contributed by atoms with Crippen molar-refractivity contribution in [3.05, 3.63) is 11.8 Å². The van der Waals surface area contributed by atoms with Crippen molar-refractivity contribution in [3.63, 3.8) is 0 Å². The van der Waals surface area contributed by atoms with Crippen LogP contribution in [0.2, 0.25) is 0 Å². The van der Waals surface area contributed by atoms with Gasteiger partial charge in [-0.15, -0.1) is 0 Å². The van der Waals surface area contributed by atoms with Gasteiger partial charge >= 0.3 is 0 Å². The fourth-order valence-corrected chi connectivity index (χ4v) is 5.68. The number of ether oxygens (including phenoxy) is 1. The average molecular weight is 498 g/mol. The van der Waals surface area contributed by atoms with E-state index in [9.17, 15) is 13.2 Å². The van der Waals surface area contributed by atoms with E-state index < -0.39 is 10.1 Å². The fourth-order valence-electron chi connectivity index (χ4n) is 5.30. The third-order valence-corrected chi connectivity index (χ3v) is 7.96. The Morgan fingerprint density at radius 3 is 2.62 bits per heavy atom. The smallest absolute Gasteiger partial charge is 0.264 e. The number of carbonyl (C=O) groups is 1. The molecular weight excluding hydrogens is 454 g/mol. The number of hydrogen-bond acceptors (Lipinski definition) is 6. The van der Waals surface area contributed by atoms with Gasteiger partial charge in [-0.3, -0.25) is 8.98 Å². The summed E-state index contributed by atoms with van der Waals surface area (Å²) in [5.74, 6) is 2.09. The molecule has 3 unspecified atom stereocenters. The van der Waals surface area contributed by atoms with E-state index in [0.717, 1.165) is 38.4 Å². The summed E-state index contributed by atoms with van der Waals surface area (Å²) in [6.07, 6.45) is 15.3. The summed E-state index contributed by atoms with van der Waals surface area (Å²) in [5, 5.41) is 7.56. The zero-order valence-electron chi connectivity index (χ0n) is 21.1. The van der Waals surface area contributed by atoms with Crippen molar-refractivity contribution >= 4 is 16.0 Å². The molecule has 0 radical (unpaired) electrons. The Morgan fingerprint density at radius 1 is 1.18 bits per heavy atom. The van der Waals surface area contributed by atoms with Gasteiger partial charge in [-0.05, 0) is 49.9 Å². The molecular formula is C25H43N3O5S. The second-order valence-corrected chi connectivity index (χ2v) is 12.0. The molecule has 1 heterocycles. The largest absolute Gasteiger partial charge is 0.477 e. The SMILES string of the molecule is CCC(C)CC1CCCC(NC(=O)c2cnn(CCOS(C)(=O)=O)c2OCC2CCCCC2)C1. The third kappa shape index (κ3) is 8.56. The minimum atomic E-state index is -3.54. The van der Waals surface area contributed by atoms with Crippen LogP contribution < -0.4 is 10.1 Å². The average Bonchev–Trinajstić information content (AvgIpc) is 3.20. The zero-order valence-corrected chi connectivity index (χ0v) is 21.9. The highest BCUT2D eigenvalue weighted by Crippen LogP contribution is 2.31. The molecule has 34 heavy (non-hydrogen) atoms. The van der Waals surface area contributed by atoms with Crippen LogP contribution in [0.5, 0.6) is 5.88 Å². The van der Waals surface area contributed by atoms with Crippen LogP contribution in [-0.4, -0.2) is 49.6 Å². The molecule has 194 valence electrons. The van der Waals surface area contributed by atoms with E-state index in [2.05, 4.69) is 24.3 Å². The quantitative estimate of drug-likeness (QED) is 0.426. The van der Waals surface area contributed by atoms with E-state index >= 15 is 0 Å². The minimum Gasteiger partial charge on any atom is -0.477 e. The Labute approximate surface area is 205 Å². The molecule has 9 heteroatoms. The van der Waals surface area contributed by atoms with Crippen molar-refractivity contribution in [2.45, 2.75) is 97.1 Å². The standard InChI is InChI=1S/C25H43N3O5S/c1-4-19(2)15-21-11-8-12-22(16-21)27-24(29)23-17-26-28(13-14-33-34(3,30)31)25(23)32-18-20-9-6-5-7-10-20/h17,19-22H,4-16,18H2,1-3H3,(H,27,29). The van der Waals surface area contributed by atoms with E-state index in [1.54, 1.807) is 4.68 Å². The molecule has 3 rings (SSSR count). The van der Waals surface area contributed by atoms with Crippen LogP contribution in [-0.2, 0) is 20.8 Å². The van der Waals surface area contributed by atoms with Gasteiger partial charge in [-0.1, -0.05) is 52.4 Å². The number of nitrogens with zero attached hydrogens (tertiary/aromatic N) is 2. The lowest BCUT2D eigenvalue weighted by atomic mass is 9.80. The highest BCUT2D eigenvalue weighted by Gasteiger charge is 2.27. The maximum absolute atomic E-state index is 13.2. The molecule has 0 aliphatic heterocycles. The molecule has 0 aromatic carbocycles. The van der Waals surface area contributed by atoms with E-state index in [-0.39, 0.29) is 25.1 Å². The van der Waals surface area contributed by atoms with Gasteiger partial charge in [0.2, 0.25) is 5.88 Å². The molecule has 8 nitrogen and oxygen atoms in total. The lowest BCUT2D eigenvalue weighted by Crippen LogP contribution is -2.38. The van der Waals surface area contributed by atoms with Crippen LogP contribution in [0.15, 0.2) is 6.20 Å². The second kappa shape index (κ2) is 12.9. The van der Waals surface area contributed by atoms with Crippen LogP contribution in [0.25, 0.3) is 0 Å². The summed E-state index contributed by atoms with van der Waals surface area (Å²) in [7, 11) is -3.54. The zero-order chi connectivity index (χ0) is 24.6. The third-order valence-electron chi connectivity index (χ3n) is 7.37. The van der Waals surface area contributed by atoms with Gasteiger partial charge in [-0.2, -0.15) is 13.5 Å². The summed E-state index contributed by atoms with van der Waals surface area (Å²) >= 11 is 0. The van der Waals surface area contributed by atoms with Crippen molar-refractivity contribution in [3.8, 4) is 5.88 Å². The van der Waals surface area contributed by atoms with Crippen LogP contribution in [0.3, 0.4) is 0 Å². The first kappa shape index (κ1) is 27.0. The van der Waals surface area contributed by atoms with Crippen LogP contribution in [0, 0.1) is 17.8 Å². The van der Waals surface area contributed by atoms with Crippen LogP contribution in [0.1, 0.15) is 94.8 Å². The molecule has 0 spiro atoms. The Bertz CT molecular complexity index is 879. The summed E-state index contributed by atoms with van der Waals surface area (Å²) < 4.78 is 35.3. The lowest BCUT2D eigenvalue weighted by Gasteiger charge is -2.31. The van der Waals surface area contributed by atoms with Crippen LogP contribution >= 0.6 is 0 Å². The number of hydrogen-bond donors (Lipinski definition) is 1. The minimum absolute atomic E-state index is 0.0543. The molecule has 2 saturated carbocycles. The number of carbonyl (C=O) groups excluding carboxylic acids is 1. The number of rotatable bonds is 12. The Morgan fingerprint density at radius 2 is 1.91 bits per heavy atom. The first-order chi connectivity index (χ1) is 16.2. The molecule has 0 saturated heterocycles. The summed E-state index contributed by atoms with van der Waals surface area (Å²) in [5.41, 5.74) is 0.416. The second-order valence-electron chi connectivity index (χ2n) is 10.4. The Hall–Kier alpha value is -1.61. The molecule has 1 N–H and O–H groups in total. The lowest BCUT2D eigenvalue weighted by molar-refractivity contribution is 0.0909. The summed E-state index contributed by atoms with van der Waals surface area (Å²) in [6.45, 7) is 5.22. The maximum Gasteiger partial charge on any atom is 0.264 e. The van der Waals surface area contributed by atoms with E-state index in [1.165, 1.54) is 44.7 Å². The van der Waals surface area contributed by atoms with Crippen molar-refractivity contribution in [1.82, 2.24) is 15.1 Å². The summed E-state index contributed by atoms with van der Waals surface area (Å²) in [6, 6.07) is 0.165. The Kier molecular flexibility index (Phi) is 10.2. The van der Waals surface area contributed by atoms with E-state index in [4.69, 9.17) is 8.92 Å². The van der Waals surface area contributed by atoms with Gasteiger partial charge in [0.1, 0.15) is 5.56 Å². The predicted molar refractivity (Wildman–Crippen MR) is 132 cm³/mol. The summed E-state index contributed by atoms with van der Waals surface area (Å²) in [4.78, 5) is 13.2. The number of nitrogens with one attached hydrogen (secondary N) is 1. The van der Waals surface area contributed by atoms with Gasteiger partial charge in [0.15, 0.2) is 0 Å². The highest BCUT2D eigenvalue weighted by atomic mass is 32.2. The fraction of sp³-hybridized carbons (Fsp3) is 0.840. The van der Waals surface area contributed by atoms with Crippen molar-refractivity contribution in [1.29, 1.82) is 0 Å². The van der Waals surface area contributed by atoms with Crippen molar-refractivity contribution < 1.29 is 22.1 Å². The topological polar surface area (TPSA) is 99.5 Å². The van der Waals surface area contributed by atoms with Gasteiger partial charge in [0, 0.05) is 6.04 Å². The highest BCUT2D eigenvalue weighted by molar-refractivity contribution is 7.85. The predicted octanol–water partition coefficient (Wildman–Crippen LogP) is 4.54. The molecule has 1 aromatic heterocycles. The van der Waals surface area contributed by atoms with E-state index in [0.29, 0.717) is 35.8 Å². The Balaban J connectivity index is 1.66. The van der Waals surface area contributed by atoms with Gasteiger partial charge < -0.3 is 10.1 Å². The first-order valence-electron chi connectivity index (χ1n) is 13.1. The number of aromatic nitrogens is 2. The molecule has 2 aliphatic carbocycles. The molecule has 0 bridgehead atoms. The van der Waals surface area contributed by atoms with Gasteiger partial charge in [0.05, 0.1) is 32.2 Å². The number of amides is 1. The monoisotopic (exact) mass is 497 g/mol. The molecule has 3 atom stereocenters. The van der Waals surface area contributed by atoms with E-state index in [1.807, 2.05) is 0 Å². The van der Waals surface area contributed by atoms with Gasteiger partial charge in [0.25, 0.3) is 16.0 Å². The van der Waals surface area contributed by atoms with Gasteiger partial charge in [-0.25, -0.2) is 4.68 Å².